The summed E-state index contributed by atoms with van der Waals surface area (Å²) in [5.74, 6) is 1.52. The van der Waals surface area contributed by atoms with Crippen molar-refractivity contribution in [2.75, 3.05) is 0 Å². The smallest absolute Gasteiger partial charge is 0.194 e. The van der Waals surface area contributed by atoms with Crippen LogP contribution in [0.2, 0.25) is 0 Å². The average molecular weight is 320 g/mol. The summed E-state index contributed by atoms with van der Waals surface area (Å²) in [6.45, 7) is 3.34. The molecule has 8 nitrogen and oxygen atoms in total. The molecule has 0 bridgehead atoms. The van der Waals surface area contributed by atoms with E-state index in [9.17, 15) is 0 Å². The summed E-state index contributed by atoms with van der Waals surface area (Å²) < 4.78 is 3.81. The van der Waals surface area contributed by atoms with Crippen molar-refractivity contribution in [3.63, 3.8) is 0 Å². The first-order chi connectivity index (χ1) is 11.8. The summed E-state index contributed by atoms with van der Waals surface area (Å²) in [4.78, 5) is 10.4. The number of hydrogen-bond donors (Lipinski definition) is 0. The van der Waals surface area contributed by atoms with E-state index < -0.39 is 0 Å². The fourth-order valence-electron chi connectivity index (χ4n) is 2.54. The number of rotatable bonds is 5. The molecule has 0 aliphatic carbocycles. The Morgan fingerprint density at radius 2 is 1.88 bits per heavy atom. The zero-order valence-electron chi connectivity index (χ0n) is 13.2. The molecule has 0 unspecified atom stereocenters. The van der Waals surface area contributed by atoms with E-state index in [-0.39, 0.29) is 0 Å². The highest BCUT2D eigenvalue weighted by Crippen LogP contribution is 2.15. The van der Waals surface area contributed by atoms with Gasteiger partial charge in [0.1, 0.15) is 12.0 Å². The highest BCUT2D eigenvalue weighted by molar-refractivity contribution is 5.43. The van der Waals surface area contributed by atoms with Crippen LogP contribution in [0, 0.1) is 0 Å². The van der Waals surface area contributed by atoms with Gasteiger partial charge in [0.2, 0.25) is 0 Å². The molecule has 0 atom stereocenters. The lowest BCUT2D eigenvalue weighted by Crippen LogP contribution is -2.07. The van der Waals surface area contributed by atoms with E-state index in [4.69, 9.17) is 0 Å². The second kappa shape index (κ2) is 6.07. The molecule has 0 fully saturated rings. The molecular formula is C16H16N8. The van der Waals surface area contributed by atoms with Gasteiger partial charge in [-0.1, -0.05) is 18.2 Å². The van der Waals surface area contributed by atoms with Gasteiger partial charge in [0.15, 0.2) is 11.6 Å². The van der Waals surface area contributed by atoms with Crippen molar-refractivity contribution >= 4 is 0 Å². The van der Waals surface area contributed by atoms with Gasteiger partial charge in [-0.25, -0.2) is 14.6 Å². The third-order valence-corrected chi connectivity index (χ3v) is 3.69. The van der Waals surface area contributed by atoms with Gasteiger partial charge in [0.25, 0.3) is 0 Å². The second-order valence-electron chi connectivity index (χ2n) is 5.24. The molecule has 0 N–H and O–H groups in total. The van der Waals surface area contributed by atoms with Gasteiger partial charge in [-0.15, -0.1) is 0 Å². The Kier molecular flexibility index (Phi) is 3.62. The van der Waals surface area contributed by atoms with E-state index in [1.54, 1.807) is 23.5 Å². The summed E-state index contributed by atoms with van der Waals surface area (Å²) in [5.41, 5.74) is 1.78. The SMILES string of the molecule is CCn1ncnc1-c1nccn1Cc1cnn(-c2ccccc2)n1. The normalized spacial score (nSPS) is 11.0. The maximum absolute atomic E-state index is 4.53. The number of para-hydroxylation sites is 1. The predicted molar refractivity (Wildman–Crippen MR) is 87.4 cm³/mol. The number of aryl methyl sites for hydroxylation is 1. The van der Waals surface area contributed by atoms with E-state index in [1.165, 1.54) is 0 Å². The third kappa shape index (κ3) is 2.58. The summed E-state index contributed by atoms with van der Waals surface area (Å²) in [5, 5.41) is 13.1. The van der Waals surface area contributed by atoms with Crippen LogP contribution in [-0.2, 0) is 13.1 Å². The number of nitrogens with zero attached hydrogens (tertiary/aromatic N) is 8. The minimum absolute atomic E-state index is 0.568. The first-order valence-corrected chi connectivity index (χ1v) is 7.71. The monoisotopic (exact) mass is 320 g/mol. The highest BCUT2D eigenvalue weighted by Gasteiger charge is 2.14. The van der Waals surface area contributed by atoms with Crippen molar-refractivity contribution in [3.8, 4) is 17.3 Å². The Balaban J connectivity index is 1.61. The summed E-state index contributed by atoms with van der Waals surface area (Å²) >= 11 is 0. The van der Waals surface area contributed by atoms with Gasteiger partial charge < -0.3 is 4.57 Å². The molecule has 0 saturated carbocycles. The van der Waals surface area contributed by atoms with E-state index in [1.807, 2.05) is 52.7 Å². The van der Waals surface area contributed by atoms with Crippen LogP contribution >= 0.6 is 0 Å². The molecule has 4 rings (SSSR count). The Hall–Kier alpha value is -3.29. The maximum Gasteiger partial charge on any atom is 0.194 e. The van der Waals surface area contributed by atoms with E-state index in [0.29, 0.717) is 6.54 Å². The van der Waals surface area contributed by atoms with Crippen LogP contribution in [0.4, 0.5) is 0 Å². The molecule has 8 heteroatoms. The quantitative estimate of drug-likeness (QED) is 0.560. The largest absolute Gasteiger partial charge is 0.322 e. The molecule has 1 aromatic carbocycles. The molecule has 3 aromatic heterocycles. The topological polar surface area (TPSA) is 79.2 Å². The van der Waals surface area contributed by atoms with Crippen molar-refractivity contribution in [3.05, 3.63) is 60.9 Å². The van der Waals surface area contributed by atoms with Crippen molar-refractivity contribution in [2.24, 2.45) is 0 Å². The molecule has 4 aromatic rings. The first kappa shape index (κ1) is 14.3. The van der Waals surface area contributed by atoms with Crippen LogP contribution in [0.1, 0.15) is 12.6 Å². The van der Waals surface area contributed by atoms with Gasteiger partial charge >= 0.3 is 0 Å². The molecular weight excluding hydrogens is 304 g/mol. The Morgan fingerprint density at radius 3 is 2.71 bits per heavy atom. The van der Waals surface area contributed by atoms with E-state index >= 15 is 0 Å². The second-order valence-corrected chi connectivity index (χ2v) is 5.24. The van der Waals surface area contributed by atoms with Crippen LogP contribution < -0.4 is 0 Å². The molecule has 3 heterocycles. The van der Waals surface area contributed by atoms with Crippen molar-refractivity contribution in [1.29, 1.82) is 0 Å². The standard InChI is InChI=1S/C16H16N8/c1-2-23-16(18-12-20-23)15-17-8-9-22(15)11-13-10-19-24(21-13)14-6-4-3-5-7-14/h3-10,12H,2,11H2,1H3. The fraction of sp³-hybridized carbons (Fsp3) is 0.188. The minimum atomic E-state index is 0.568. The molecule has 0 aliphatic rings. The lowest BCUT2D eigenvalue weighted by atomic mass is 10.3. The van der Waals surface area contributed by atoms with Crippen molar-refractivity contribution in [2.45, 2.75) is 20.0 Å². The predicted octanol–water partition coefficient (Wildman–Crippen LogP) is 1.79. The molecule has 0 amide bonds. The van der Waals surface area contributed by atoms with Crippen molar-refractivity contribution < 1.29 is 0 Å². The molecule has 0 saturated heterocycles. The fourth-order valence-corrected chi connectivity index (χ4v) is 2.54. The molecule has 0 spiro atoms. The lowest BCUT2D eigenvalue weighted by Gasteiger charge is -2.06. The van der Waals surface area contributed by atoms with Crippen molar-refractivity contribution in [1.82, 2.24) is 39.3 Å². The van der Waals surface area contributed by atoms with Crippen LogP contribution in [0.15, 0.2) is 55.2 Å². The molecule has 0 radical (unpaired) electrons. The number of imidazole rings is 1. The molecule has 0 aliphatic heterocycles. The van der Waals surface area contributed by atoms with Crippen LogP contribution in [0.5, 0.6) is 0 Å². The molecule has 120 valence electrons. The first-order valence-electron chi connectivity index (χ1n) is 7.71. The molecule has 24 heavy (non-hydrogen) atoms. The van der Waals surface area contributed by atoms with Crippen LogP contribution in [0.25, 0.3) is 17.3 Å². The highest BCUT2D eigenvalue weighted by atomic mass is 15.5. The Labute approximate surface area is 138 Å². The maximum atomic E-state index is 4.53. The average Bonchev–Trinajstić information content (AvgIpc) is 3.36. The van der Waals surface area contributed by atoms with E-state index in [2.05, 4.69) is 25.3 Å². The Bertz CT molecular complexity index is 934. The summed E-state index contributed by atoms with van der Waals surface area (Å²) in [6, 6.07) is 9.83. The third-order valence-electron chi connectivity index (χ3n) is 3.69. The van der Waals surface area contributed by atoms with E-state index in [0.717, 1.165) is 29.6 Å². The van der Waals surface area contributed by atoms with Crippen LogP contribution in [-0.4, -0.2) is 39.3 Å². The van der Waals surface area contributed by atoms with Gasteiger partial charge in [-0.2, -0.15) is 20.1 Å². The van der Waals surface area contributed by atoms with Gasteiger partial charge in [0.05, 0.1) is 18.4 Å². The summed E-state index contributed by atoms with van der Waals surface area (Å²) in [7, 11) is 0. The Morgan fingerprint density at radius 1 is 1.00 bits per heavy atom. The van der Waals surface area contributed by atoms with Crippen LogP contribution in [0.3, 0.4) is 0 Å². The van der Waals surface area contributed by atoms with Gasteiger partial charge in [-0.3, -0.25) is 0 Å². The minimum Gasteiger partial charge on any atom is -0.322 e. The van der Waals surface area contributed by atoms with Gasteiger partial charge in [-0.05, 0) is 19.1 Å². The zero-order valence-corrected chi connectivity index (χ0v) is 13.2. The summed E-state index contributed by atoms with van der Waals surface area (Å²) in [6.07, 6.45) is 6.97. The number of aromatic nitrogens is 8. The van der Waals surface area contributed by atoms with Gasteiger partial charge in [0, 0.05) is 18.9 Å². The number of hydrogen-bond acceptors (Lipinski definition) is 5. The number of benzene rings is 1. The zero-order chi connectivity index (χ0) is 16.4. The lowest BCUT2D eigenvalue weighted by molar-refractivity contribution is 0.653.